The van der Waals surface area contributed by atoms with E-state index in [0.717, 1.165) is 23.8 Å². The van der Waals surface area contributed by atoms with Crippen LogP contribution in [-0.4, -0.2) is 21.4 Å². The fourth-order valence-electron chi connectivity index (χ4n) is 2.70. The van der Waals surface area contributed by atoms with Crippen molar-refractivity contribution in [2.45, 2.75) is 11.8 Å². The number of nitrogens with one attached hydrogen (secondary N) is 1. The zero-order valence-electron chi connectivity index (χ0n) is 14.0. The van der Waals surface area contributed by atoms with Gasteiger partial charge in [0.2, 0.25) is 0 Å². The Labute approximate surface area is 150 Å². The minimum absolute atomic E-state index is 0.0561. The molecule has 1 heterocycles. The Morgan fingerprint density at radius 1 is 1.15 bits per heavy atom. The molecule has 5 nitrogen and oxygen atoms in total. The van der Waals surface area contributed by atoms with E-state index in [1.165, 1.54) is 12.5 Å². The molecule has 1 unspecified atom stereocenters. The molecule has 0 fully saturated rings. The van der Waals surface area contributed by atoms with Crippen LogP contribution >= 0.6 is 0 Å². The molecule has 26 heavy (non-hydrogen) atoms. The fourth-order valence-corrected chi connectivity index (χ4v) is 3.33. The standard InChI is InChI=1S/C18H15F2N3O2S/c1-9-3-13(26(2)25)7-14-16(9)22-8-15(18(21)24)17(14)23-12-5-10(19)4-11(20)6-12/h3-8H,1-2H3,(H2,21,24)(H,22,23). The quantitative estimate of drug-likeness (QED) is 0.732. The van der Waals surface area contributed by atoms with Gasteiger partial charge in [0.05, 0.1) is 16.8 Å². The van der Waals surface area contributed by atoms with Gasteiger partial charge in [-0.3, -0.25) is 14.0 Å². The molecule has 0 aliphatic carbocycles. The van der Waals surface area contributed by atoms with E-state index < -0.39 is 28.3 Å². The van der Waals surface area contributed by atoms with Gasteiger partial charge in [0, 0.05) is 45.3 Å². The highest BCUT2D eigenvalue weighted by Crippen LogP contribution is 2.32. The fraction of sp³-hybridized carbons (Fsp3) is 0.111. The lowest BCUT2D eigenvalue weighted by Gasteiger charge is -2.15. The van der Waals surface area contributed by atoms with Gasteiger partial charge in [-0.15, -0.1) is 0 Å². The highest BCUT2D eigenvalue weighted by molar-refractivity contribution is 7.84. The number of pyridine rings is 1. The van der Waals surface area contributed by atoms with Crippen molar-refractivity contribution in [1.29, 1.82) is 0 Å². The summed E-state index contributed by atoms with van der Waals surface area (Å²) in [6, 6.07) is 6.29. The van der Waals surface area contributed by atoms with Crippen molar-refractivity contribution in [3.63, 3.8) is 0 Å². The first-order chi connectivity index (χ1) is 12.3. The van der Waals surface area contributed by atoms with Crippen molar-refractivity contribution in [2.75, 3.05) is 11.6 Å². The molecule has 2 aromatic carbocycles. The molecular formula is C18H15F2N3O2S. The maximum absolute atomic E-state index is 13.5. The Morgan fingerprint density at radius 3 is 2.38 bits per heavy atom. The molecule has 3 rings (SSSR count). The number of hydrogen-bond acceptors (Lipinski definition) is 4. The number of benzene rings is 2. The van der Waals surface area contributed by atoms with Gasteiger partial charge in [0.1, 0.15) is 11.6 Å². The summed E-state index contributed by atoms with van der Waals surface area (Å²) in [7, 11) is -1.27. The Balaban J connectivity index is 2.30. The second-order valence-electron chi connectivity index (χ2n) is 5.78. The van der Waals surface area contributed by atoms with E-state index in [1.54, 1.807) is 19.1 Å². The van der Waals surface area contributed by atoms with E-state index in [1.807, 2.05) is 0 Å². The van der Waals surface area contributed by atoms with Crippen LogP contribution in [0.25, 0.3) is 10.9 Å². The average molecular weight is 375 g/mol. The molecule has 0 aliphatic heterocycles. The van der Waals surface area contributed by atoms with Crippen molar-refractivity contribution in [3.8, 4) is 0 Å². The SMILES string of the molecule is Cc1cc(S(C)=O)cc2c(Nc3cc(F)cc(F)c3)c(C(N)=O)cnc12. The lowest BCUT2D eigenvalue weighted by Crippen LogP contribution is -2.14. The molecule has 0 saturated carbocycles. The molecule has 134 valence electrons. The minimum Gasteiger partial charge on any atom is -0.365 e. The number of fused-ring (bicyclic) bond motifs is 1. The van der Waals surface area contributed by atoms with Crippen LogP contribution in [0.1, 0.15) is 15.9 Å². The largest absolute Gasteiger partial charge is 0.365 e. The number of nitrogens with zero attached hydrogens (tertiary/aromatic N) is 1. The Hall–Kier alpha value is -2.87. The molecule has 0 bridgehead atoms. The molecule has 3 N–H and O–H groups in total. The summed E-state index contributed by atoms with van der Waals surface area (Å²) in [6.45, 7) is 1.79. The first-order valence-corrected chi connectivity index (χ1v) is 9.12. The number of carbonyl (C=O) groups is 1. The maximum atomic E-state index is 13.5. The van der Waals surface area contributed by atoms with Crippen molar-refractivity contribution >= 4 is 39.0 Å². The van der Waals surface area contributed by atoms with Crippen LogP contribution in [-0.2, 0) is 10.8 Å². The molecule has 0 spiro atoms. The molecule has 0 saturated heterocycles. The van der Waals surface area contributed by atoms with Crippen LogP contribution in [0.2, 0.25) is 0 Å². The summed E-state index contributed by atoms with van der Waals surface area (Å²) in [5, 5.41) is 3.33. The number of hydrogen-bond donors (Lipinski definition) is 2. The first-order valence-electron chi connectivity index (χ1n) is 7.56. The van der Waals surface area contributed by atoms with E-state index in [4.69, 9.17) is 5.73 Å². The predicted molar refractivity (Wildman–Crippen MR) is 97.0 cm³/mol. The lowest BCUT2D eigenvalue weighted by atomic mass is 10.1. The number of nitrogens with two attached hydrogens (primary N) is 1. The molecular weight excluding hydrogens is 360 g/mol. The number of aryl methyl sites for hydroxylation is 1. The topological polar surface area (TPSA) is 85.1 Å². The zero-order chi connectivity index (χ0) is 19.0. The maximum Gasteiger partial charge on any atom is 0.252 e. The number of rotatable bonds is 4. The molecule has 0 aliphatic rings. The summed E-state index contributed by atoms with van der Waals surface area (Å²) >= 11 is 0. The third-order valence-corrected chi connectivity index (χ3v) is 4.76. The monoisotopic (exact) mass is 375 g/mol. The van der Waals surface area contributed by atoms with Crippen molar-refractivity contribution < 1.29 is 17.8 Å². The summed E-state index contributed by atoms with van der Waals surface area (Å²) in [4.78, 5) is 16.6. The number of carbonyl (C=O) groups excluding carboxylic acids is 1. The molecule has 1 amide bonds. The summed E-state index contributed by atoms with van der Waals surface area (Å²) in [6.07, 6.45) is 2.83. The second kappa shape index (κ2) is 6.80. The van der Waals surface area contributed by atoms with Crippen molar-refractivity contribution in [2.24, 2.45) is 5.73 Å². The lowest BCUT2D eigenvalue weighted by molar-refractivity contribution is 0.100. The molecule has 3 aromatic rings. The molecule has 1 atom stereocenters. The van der Waals surface area contributed by atoms with Crippen LogP contribution in [0.3, 0.4) is 0 Å². The Morgan fingerprint density at radius 2 is 1.81 bits per heavy atom. The normalized spacial score (nSPS) is 12.2. The van der Waals surface area contributed by atoms with Crippen LogP contribution in [0.15, 0.2) is 41.4 Å². The van der Waals surface area contributed by atoms with Crippen molar-refractivity contribution in [3.05, 3.63) is 59.3 Å². The van der Waals surface area contributed by atoms with Crippen LogP contribution in [0, 0.1) is 18.6 Å². The average Bonchev–Trinajstić information content (AvgIpc) is 2.53. The Kier molecular flexibility index (Phi) is 4.69. The van der Waals surface area contributed by atoms with E-state index >= 15 is 0 Å². The number of anilines is 2. The number of primary amides is 1. The highest BCUT2D eigenvalue weighted by Gasteiger charge is 2.17. The molecule has 0 radical (unpaired) electrons. The van der Waals surface area contributed by atoms with Gasteiger partial charge in [-0.2, -0.15) is 0 Å². The van der Waals surface area contributed by atoms with Gasteiger partial charge in [-0.05, 0) is 36.8 Å². The van der Waals surface area contributed by atoms with Gasteiger partial charge in [0.25, 0.3) is 5.91 Å². The van der Waals surface area contributed by atoms with Gasteiger partial charge in [-0.1, -0.05) is 0 Å². The third kappa shape index (κ3) is 3.41. The van der Waals surface area contributed by atoms with E-state index in [9.17, 15) is 17.8 Å². The molecule has 8 heteroatoms. The Bertz CT molecular complexity index is 1050. The van der Waals surface area contributed by atoms with Gasteiger partial charge in [0.15, 0.2) is 0 Å². The predicted octanol–water partition coefficient (Wildman–Crippen LogP) is 3.40. The van der Waals surface area contributed by atoms with Crippen LogP contribution in [0.4, 0.5) is 20.2 Å². The van der Waals surface area contributed by atoms with Crippen molar-refractivity contribution in [1.82, 2.24) is 4.98 Å². The van der Waals surface area contributed by atoms with Crippen LogP contribution in [0.5, 0.6) is 0 Å². The van der Waals surface area contributed by atoms with E-state index in [-0.39, 0.29) is 16.9 Å². The summed E-state index contributed by atoms with van der Waals surface area (Å²) in [5.41, 5.74) is 7.15. The smallest absolute Gasteiger partial charge is 0.252 e. The highest BCUT2D eigenvalue weighted by atomic mass is 32.2. The third-order valence-electron chi connectivity index (χ3n) is 3.86. The first kappa shape index (κ1) is 17.9. The second-order valence-corrected chi connectivity index (χ2v) is 7.16. The van der Waals surface area contributed by atoms with Gasteiger partial charge in [-0.25, -0.2) is 8.78 Å². The van der Waals surface area contributed by atoms with E-state index in [0.29, 0.717) is 15.8 Å². The summed E-state index contributed by atoms with van der Waals surface area (Å²) < 4.78 is 38.9. The number of amides is 1. The van der Waals surface area contributed by atoms with Gasteiger partial charge < -0.3 is 11.1 Å². The minimum atomic E-state index is -1.27. The summed E-state index contributed by atoms with van der Waals surface area (Å²) in [5.74, 6) is -2.28. The van der Waals surface area contributed by atoms with E-state index in [2.05, 4.69) is 10.3 Å². The van der Waals surface area contributed by atoms with Gasteiger partial charge >= 0.3 is 0 Å². The van der Waals surface area contributed by atoms with Crippen LogP contribution < -0.4 is 11.1 Å². The number of halogens is 2. The zero-order valence-corrected chi connectivity index (χ0v) is 14.8. The number of aromatic nitrogens is 1. The molecule has 1 aromatic heterocycles.